The third-order valence-electron chi connectivity index (χ3n) is 4.85. The SMILES string of the molecule is CCCCCC(C)(C)CNC(=NCc1nnc2n1CCCC2)NCC.I. The fourth-order valence-electron chi connectivity index (χ4n) is 3.24. The van der Waals surface area contributed by atoms with Crippen LogP contribution >= 0.6 is 24.0 Å². The lowest BCUT2D eigenvalue weighted by molar-refractivity contribution is 0.318. The van der Waals surface area contributed by atoms with E-state index < -0.39 is 0 Å². The third kappa shape index (κ3) is 7.40. The number of halogens is 1. The van der Waals surface area contributed by atoms with E-state index in [4.69, 9.17) is 4.99 Å². The smallest absolute Gasteiger partial charge is 0.191 e. The maximum absolute atomic E-state index is 4.73. The van der Waals surface area contributed by atoms with E-state index in [-0.39, 0.29) is 29.4 Å². The Labute approximate surface area is 176 Å². The second kappa shape index (κ2) is 11.8. The first-order valence-electron chi connectivity index (χ1n) is 9.99. The van der Waals surface area contributed by atoms with Crippen molar-refractivity contribution in [1.82, 2.24) is 25.4 Å². The Balaban J connectivity index is 0.00000338. The lowest BCUT2D eigenvalue weighted by Gasteiger charge is -2.26. The summed E-state index contributed by atoms with van der Waals surface area (Å²) < 4.78 is 2.24. The summed E-state index contributed by atoms with van der Waals surface area (Å²) >= 11 is 0. The maximum Gasteiger partial charge on any atom is 0.191 e. The van der Waals surface area contributed by atoms with E-state index in [2.05, 4.69) is 53.1 Å². The summed E-state index contributed by atoms with van der Waals surface area (Å²) in [5.41, 5.74) is 0.277. The average Bonchev–Trinajstić information content (AvgIpc) is 3.01. The van der Waals surface area contributed by atoms with Gasteiger partial charge in [-0.1, -0.05) is 40.0 Å². The fourth-order valence-corrected chi connectivity index (χ4v) is 3.24. The van der Waals surface area contributed by atoms with Crippen molar-refractivity contribution in [2.45, 2.75) is 85.7 Å². The quantitative estimate of drug-likeness (QED) is 0.246. The Bertz CT molecular complexity index is 552. The molecule has 0 aliphatic carbocycles. The lowest BCUT2D eigenvalue weighted by Crippen LogP contribution is -2.42. The molecule has 1 aliphatic rings. The van der Waals surface area contributed by atoms with Gasteiger partial charge < -0.3 is 15.2 Å². The van der Waals surface area contributed by atoms with Crippen molar-refractivity contribution in [2.24, 2.45) is 10.4 Å². The first-order chi connectivity index (χ1) is 12.1. The molecular weight excluding hydrogens is 439 g/mol. The molecule has 26 heavy (non-hydrogen) atoms. The van der Waals surface area contributed by atoms with Gasteiger partial charge in [0.1, 0.15) is 12.4 Å². The molecule has 2 N–H and O–H groups in total. The van der Waals surface area contributed by atoms with Crippen molar-refractivity contribution < 1.29 is 0 Å². The van der Waals surface area contributed by atoms with E-state index in [1.807, 2.05) is 0 Å². The van der Waals surface area contributed by atoms with Crippen LogP contribution in [-0.4, -0.2) is 33.8 Å². The van der Waals surface area contributed by atoms with Crippen molar-refractivity contribution in [1.29, 1.82) is 0 Å². The van der Waals surface area contributed by atoms with Crippen LogP contribution in [0.4, 0.5) is 0 Å². The van der Waals surface area contributed by atoms with Gasteiger partial charge in [-0.05, 0) is 31.6 Å². The minimum Gasteiger partial charge on any atom is -0.357 e. The van der Waals surface area contributed by atoms with Crippen LogP contribution in [0.1, 0.15) is 77.9 Å². The summed E-state index contributed by atoms with van der Waals surface area (Å²) in [7, 11) is 0. The number of fused-ring (bicyclic) bond motifs is 1. The number of guanidine groups is 1. The number of aromatic nitrogens is 3. The highest BCUT2D eigenvalue weighted by Crippen LogP contribution is 2.22. The Hall–Kier alpha value is -0.860. The highest BCUT2D eigenvalue weighted by molar-refractivity contribution is 14.0. The van der Waals surface area contributed by atoms with Gasteiger partial charge in [-0.25, -0.2) is 4.99 Å². The molecule has 0 spiro atoms. The maximum atomic E-state index is 4.73. The Morgan fingerprint density at radius 1 is 1.15 bits per heavy atom. The Morgan fingerprint density at radius 3 is 2.69 bits per heavy atom. The fraction of sp³-hybridized carbons (Fsp3) is 0.842. The molecule has 0 amide bonds. The van der Waals surface area contributed by atoms with E-state index >= 15 is 0 Å². The summed E-state index contributed by atoms with van der Waals surface area (Å²) in [5, 5.41) is 15.5. The first-order valence-corrected chi connectivity index (χ1v) is 9.99. The topological polar surface area (TPSA) is 67.1 Å². The van der Waals surface area contributed by atoms with E-state index in [9.17, 15) is 0 Å². The highest BCUT2D eigenvalue weighted by Gasteiger charge is 2.18. The zero-order valence-electron chi connectivity index (χ0n) is 17.0. The molecule has 0 atom stereocenters. The molecule has 0 saturated heterocycles. The lowest BCUT2D eigenvalue weighted by atomic mass is 9.87. The summed E-state index contributed by atoms with van der Waals surface area (Å²) in [6.07, 6.45) is 8.60. The molecule has 7 heteroatoms. The van der Waals surface area contributed by atoms with Crippen molar-refractivity contribution in [3.05, 3.63) is 11.6 Å². The number of nitrogens with zero attached hydrogens (tertiary/aromatic N) is 4. The van der Waals surface area contributed by atoms with Gasteiger partial charge in [0, 0.05) is 26.1 Å². The summed E-state index contributed by atoms with van der Waals surface area (Å²) in [6.45, 7) is 12.4. The molecular formula is C19H37IN6. The summed E-state index contributed by atoms with van der Waals surface area (Å²) in [5.74, 6) is 2.97. The normalized spacial score (nSPS) is 14.5. The van der Waals surface area contributed by atoms with Crippen LogP contribution in [0.2, 0.25) is 0 Å². The molecule has 1 aliphatic heterocycles. The number of hydrogen-bond acceptors (Lipinski definition) is 3. The monoisotopic (exact) mass is 476 g/mol. The molecule has 0 saturated carbocycles. The molecule has 6 nitrogen and oxygen atoms in total. The van der Waals surface area contributed by atoms with Crippen molar-refractivity contribution in [3.63, 3.8) is 0 Å². The Morgan fingerprint density at radius 2 is 1.96 bits per heavy atom. The molecule has 0 radical (unpaired) electrons. The van der Waals surface area contributed by atoms with E-state index in [1.54, 1.807) is 0 Å². The van der Waals surface area contributed by atoms with Gasteiger partial charge in [-0.3, -0.25) is 0 Å². The predicted molar refractivity (Wildman–Crippen MR) is 119 cm³/mol. The van der Waals surface area contributed by atoms with Crippen LogP contribution in [0.25, 0.3) is 0 Å². The zero-order valence-corrected chi connectivity index (χ0v) is 19.3. The number of hydrogen-bond donors (Lipinski definition) is 2. The van der Waals surface area contributed by atoms with Crippen LogP contribution in [0.15, 0.2) is 4.99 Å². The van der Waals surface area contributed by atoms with E-state index in [0.29, 0.717) is 6.54 Å². The standard InChI is InChI=1S/C19H36N6.HI/c1-5-7-9-12-19(3,4)15-22-18(20-6-2)21-14-17-24-23-16-11-8-10-13-25(16)17;/h5-15H2,1-4H3,(H2,20,21,22);1H. The van der Waals surface area contributed by atoms with Crippen molar-refractivity contribution in [3.8, 4) is 0 Å². The second-order valence-electron chi connectivity index (χ2n) is 7.81. The number of aryl methyl sites for hydroxylation is 1. The van der Waals surface area contributed by atoms with E-state index in [0.717, 1.165) is 43.7 Å². The second-order valence-corrected chi connectivity index (χ2v) is 7.81. The molecule has 1 aromatic rings. The molecule has 0 unspecified atom stereocenters. The molecule has 2 rings (SSSR count). The van der Waals surface area contributed by atoms with Crippen molar-refractivity contribution >= 4 is 29.9 Å². The van der Waals surface area contributed by atoms with Gasteiger partial charge in [0.15, 0.2) is 11.8 Å². The highest BCUT2D eigenvalue weighted by atomic mass is 127. The number of aliphatic imine (C=N–C) groups is 1. The molecule has 2 heterocycles. The van der Waals surface area contributed by atoms with Crippen LogP contribution in [0.5, 0.6) is 0 Å². The van der Waals surface area contributed by atoms with Gasteiger partial charge >= 0.3 is 0 Å². The summed E-state index contributed by atoms with van der Waals surface area (Å²) in [6, 6.07) is 0. The van der Waals surface area contributed by atoms with Gasteiger partial charge in [0.25, 0.3) is 0 Å². The van der Waals surface area contributed by atoms with Crippen LogP contribution in [0.3, 0.4) is 0 Å². The minimum atomic E-state index is 0. The molecule has 0 aromatic carbocycles. The van der Waals surface area contributed by atoms with Crippen LogP contribution < -0.4 is 10.6 Å². The minimum absolute atomic E-state index is 0. The number of nitrogens with one attached hydrogen (secondary N) is 2. The number of unbranched alkanes of at least 4 members (excludes halogenated alkanes) is 2. The average molecular weight is 476 g/mol. The van der Waals surface area contributed by atoms with Gasteiger partial charge in [-0.15, -0.1) is 34.2 Å². The zero-order chi connectivity index (χ0) is 18.1. The largest absolute Gasteiger partial charge is 0.357 e. The van der Waals surface area contributed by atoms with Gasteiger partial charge in [0.2, 0.25) is 0 Å². The molecule has 150 valence electrons. The third-order valence-corrected chi connectivity index (χ3v) is 4.85. The van der Waals surface area contributed by atoms with Crippen LogP contribution in [-0.2, 0) is 19.5 Å². The molecule has 1 aromatic heterocycles. The predicted octanol–water partition coefficient (Wildman–Crippen LogP) is 3.89. The Kier molecular flexibility index (Phi) is 10.5. The van der Waals surface area contributed by atoms with Crippen molar-refractivity contribution in [2.75, 3.05) is 13.1 Å². The first kappa shape index (κ1) is 23.2. The molecule has 0 fully saturated rings. The van der Waals surface area contributed by atoms with Gasteiger partial charge in [0.05, 0.1) is 0 Å². The van der Waals surface area contributed by atoms with Gasteiger partial charge in [-0.2, -0.15) is 0 Å². The number of rotatable bonds is 9. The molecule has 0 bridgehead atoms. The van der Waals surface area contributed by atoms with E-state index in [1.165, 1.54) is 38.5 Å². The summed E-state index contributed by atoms with van der Waals surface area (Å²) in [4.78, 5) is 4.73. The van der Waals surface area contributed by atoms with Crippen LogP contribution in [0, 0.1) is 5.41 Å².